The maximum atomic E-state index is 11.9. The minimum absolute atomic E-state index is 0.115. The van der Waals surface area contributed by atoms with E-state index in [0.717, 1.165) is 45.3 Å². The topological polar surface area (TPSA) is 52.6 Å². The van der Waals surface area contributed by atoms with Crippen LogP contribution in [-0.2, 0) is 11.3 Å². The van der Waals surface area contributed by atoms with Crippen LogP contribution < -0.4 is 5.32 Å². The number of aryl methyl sites for hydroxylation is 1. The first kappa shape index (κ1) is 15.0. The van der Waals surface area contributed by atoms with Gasteiger partial charge in [0.05, 0.1) is 0 Å². The van der Waals surface area contributed by atoms with Crippen molar-refractivity contribution in [1.82, 2.24) is 10.2 Å². The summed E-state index contributed by atoms with van der Waals surface area (Å²) in [5.41, 5.74) is 1.37. The highest BCUT2D eigenvalue weighted by atomic mass is 32.1. The molecule has 2 fully saturated rings. The van der Waals surface area contributed by atoms with Crippen molar-refractivity contribution >= 4 is 17.2 Å². The second-order valence-corrected chi connectivity index (χ2v) is 7.37. The third kappa shape index (κ3) is 3.84. The minimum atomic E-state index is -0.823. The molecular formula is C16H24N2O2S. The van der Waals surface area contributed by atoms with E-state index in [0.29, 0.717) is 6.04 Å². The van der Waals surface area contributed by atoms with Crippen molar-refractivity contribution in [2.24, 2.45) is 5.92 Å². The summed E-state index contributed by atoms with van der Waals surface area (Å²) >= 11 is 1.81. The molecule has 2 N–H and O–H groups in total. The molecule has 1 saturated heterocycles. The maximum Gasteiger partial charge on any atom is 0.249 e. The van der Waals surface area contributed by atoms with E-state index < -0.39 is 6.10 Å². The molecule has 0 bridgehead atoms. The first-order valence-electron chi connectivity index (χ1n) is 7.87. The Morgan fingerprint density at radius 1 is 1.43 bits per heavy atom. The molecule has 2 heterocycles. The average Bonchev–Trinajstić information content (AvgIpc) is 3.21. The van der Waals surface area contributed by atoms with Crippen LogP contribution in [0.1, 0.15) is 36.1 Å². The predicted octanol–water partition coefficient (Wildman–Crippen LogP) is 1.91. The van der Waals surface area contributed by atoms with Crippen LogP contribution in [0.2, 0.25) is 0 Å². The quantitative estimate of drug-likeness (QED) is 0.873. The van der Waals surface area contributed by atoms with E-state index in [1.165, 1.54) is 10.4 Å². The number of likely N-dealkylation sites (tertiary alicyclic amines) is 1. The van der Waals surface area contributed by atoms with Crippen LogP contribution in [0, 0.1) is 12.8 Å². The summed E-state index contributed by atoms with van der Waals surface area (Å²) in [6.07, 6.45) is 3.12. The molecule has 1 amide bonds. The van der Waals surface area contributed by atoms with E-state index in [1.807, 2.05) is 11.3 Å². The Kier molecular flexibility index (Phi) is 4.62. The zero-order valence-corrected chi connectivity index (χ0v) is 13.4. The van der Waals surface area contributed by atoms with Gasteiger partial charge in [-0.2, -0.15) is 0 Å². The highest BCUT2D eigenvalue weighted by Gasteiger charge is 2.32. The molecule has 4 nitrogen and oxygen atoms in total. The molecule has 21 heavy (non-hydrogen) atoms. The number of carbonyl (C=O) groups excluding carboxylic acids is 1. The molecule has 1 aliphatic heterocycles. The number of thiophene rings is 1. The Morgan fingerprint density at radius 3 is 2.71 bits per heavy atom. The molecule has 5 heteroatoms. The third-order valence-electron chi connectivity index (χ3n) is 4.61. The number of amides is 1. The number of piperidine rings is 1. The average molecular weight is 308 g/mol. The van der Waals surface area contributed by atoms with Crippen LogP contribution in [0.25, 0.3) is 0 Å². The fourth-order valence-corrected chi connectivity index (χ4v) is 3.87. The lowest BCUT2D eigenvalue weighted by Gasteiger charge is -2.33. The molecule has 1 aliphatic carbocycles. The number of nitrogens with one attached hydrogen (secondary N) is 1. The smallest absolute Gasteiger partial charge is 0.249 e. The molecule has 116 valence electrons. The lowest BCUT2D eigenvalue weighted by molar-refractivity contribution is -0.133. The molecule has 1 unspecified atom stereocenters. The fraction of sp³-hybridized carbons (Fsp3) is 0.688. The largest absolute Gasteiger partial charge is 0.383 e. The number of nitrogens with zero attached hydrogens (tertiary/aromatic N) is 1. The van der Waals surface area contributed by atoms with E-state index in [-0.39, 0.29) is 11.8 Å². The lowest BCUT2D eigenvalue weighted by atomic mass is 9.90. The molecule has 0 spiro atoms. The van der Waals surface area contributed by atoms with Crippen LogP contribution in [0.4, 0.5) is 0 Å². The monoisotopic (exact) mass is 308 g/mol. The summed E-state index contributed by atoms with van der Waals surface area (Å²) in [5.74, 6) is -0.0468. The molecule has 1 aromatic heterocycles. The predicted molar refractivity (Wildman–Crippen MR) is 84.2 cm³/mol. The zero-order valence-electron chi connectivity index (χ0n) is 12.5. The number of hydrogen-bond donors (Lipinski definition) is 2. The van der Waals surface area contributed by atoms with Crippen molar-refractivity contribution in [2.75, 3.05) is 13.1 Å². The highest BCUT2D eigenvalue weighted by Crippen LogP contribution is 2.25. The van der Waals surface area contributed by atoms with Gasteiger partial charge in [-0.15, -0.1) is 11.3 Å². The van der Waals surface area contributed by atoms with Gasteiger partial charge < -0.3 is 10.4 Å². The van der Waals surface area contributed by atoms with Crippen LogP contribution in [0.5, 0.6) is 0 Å². The van der Waals surface area contributed by atoms with Gasteiger partial charge in [-0.1, -0.05) is 0 Å². The van der Waals surface area contributed by atoms with Gasteiger partial charge in [-0.25, -0.2) is 0 Å². The van der Waals surface area contributed by atoms with Crippen LogP contribution in [0.15, 0.2) is 11.4 Å². The molecule has 1 atom stereocenters. The Balaban J connectivity index is 1.45. The van der Waals surface area contributed by atoms with Gasteiger partial charge in [0.25, 0.3) is 0 Å². The molecule has 2 aliphatic rings. The minimum Gasteiger partial charge on any atom is -0.383 e. The SMILES string of the molecule is Cc1ccsc1CN1CCC(C(O)C(=O)NC2CC2)CC1. The third-order valence-corrected chi connectivity index (χ3v) is 5.61. The molecule has 0 radical (unpaired) electrons. The van der Waals surface area contributed by atoms with Crippen LogP contribution in [-0.4, -0.2) is 41.1 Å². The fourth-order valence-electron chi connectivity index (χ4n) is 2.92. The van der Waals surface area contributed by atoms with Crippen molar-refractivity contribution in [2.45, 2.75) is 51.3 Å². The van der Waals surface area contributed by atoms with Crippen LogP contribution in [0.3, 0.4) is 0 Å². The summed E-state index contributed by atoms with van der Waals surface area (Å²) in [6, 6.07) is 2.49. The van der Waals surface area contributed by atoms with E-state index in [2.05, 4.69) is 28.6 Å². The maximum absolute atomic E-state index is 11.9. The Bertz CT molecular complexity index is 490. The molecule has 1 saturated carbocycles. The van der Waals surface area contributed by atoms with Gasteiger partial charge in [0.1, 0.15) is 6.10 Å². The van der Waals surface area contributed by atoms with Gasteiger partial charge in [0.15, 0.2) is 0 Å². The first-order chi connectivity index (χ1) is 10.1. The number of aliphatic hydroxyl groups excluding tert-OH is 1. The highest BCUT2D eigenvalue weighted by molar-refractivity contribution is 7.10. The summed E-state index contributed by atoms with van der Waals surface area (Å²) in [7, 11) is 0. The first-order valence-corrected chi connectivity index (χ1v) is 8.75. The van der Waals surface area contributed by atoms with Crippen molar-refractivity contribution in [3.05, 3.63) is 21.9 Å². The molecule has 1 aromatic rings. The van der Waals surface area contributed by atoms with Gasteiger partial charge in [-0.05, 0) is 68.6 Å². The second kappa shape index (κ2) is 6.46. The normalized spacial score (nSPS) is 22.2. The lowest BCUT2D eigenvalue weighted by Crippen LogP contribution is -2.44. The van der Waals surface area contributed by atoms with E-state index >= 15 is 0 Å². The number of hydrogen-bond acceptors (Lipinski definition) is 4. The Labute approximate surface area is 130 Å². The second-order valence-electron chi connectivity index (χ2n) is 6.37. The number of rotatable bonds is 5. The summed E-state index contributed by atoms with van der Waals surface area (Å²) < 4.78 is 0. The standard InChI is InChI=1S/C16H24N2O2S/c1-11-6-9-21-14(11)10-18-7-4-12(5-8-18)15(19)16(20)17-13-2-3-13/h6,9,12-13,15,19H,2-5,7-8,10H2,1H3,(H,17,20). The van der Waals surface area contributed by atoms with E-state index in [1.54, 1.807) is 0 Å². The number of aliphatic hydroxyl groups is 1. The molecular weight excluding hydrogens is 284 g/mol. The van der Waals surface area contributed by atoms with Crippen molar-refractivity contribution < 1.29 is 9.90 Å². The molecule has 0 aromatic carbocycles. The van der Waals surface area contributed by atoms with E-state index in [9.17, 15) is 9.90 Å². The van der Waals surface area contributed by atoms with Gasteiger partial charge in [0.2, 0.25) is 5.91 Å². The summed E-state index contributed by atoms with van der Waals surface area (Å²) in [5, 5.41) is 15.2. The summed E-state index contributed by atoms with van der Waals surface area (Å²) in [4.78, 5) is 15.8. The van der Waals surface area contributed by atoms with Gasteiger partial charge >= 0.3 is 0 Å². The zero-order chi connectivity index (χ0) is 14.8. The Morgan fingerprint density at radius 2 is 2.14 bits per heavy atom. The van der Waals surface area contributed by atoms with Crippen molar-refractivity contribution in [3.8, 4) is 0 Å². The molecule has 3 rings (SSSR count). The van der Waals surface area contributed by atoms with Gasteiger partial charge in [0, 0.05) is 17.5 Å². The van der Waals surface area contributed by atoms with E-state index in [4.69, 9.17) is 0 Å². The van der Waals surface area contributed by atoms with Gasteiger partial charge in [-0.3, -0.25) is 9.69 Å². The number of carbonyl (C=O) groups is 1. The van der Waals surface area contributed by atoms with Crippen molar-refractivity contribution in [3.63, 3.8) is 0 Å². The summed E-state index contributed by atoms with van der Waals surface area (Å²) in [6.45, 7) is 5.09. The Hall–Kier alpha value is -0.910. The van der Waals surface area contributed by atoms with Crippen molar-refractivity contribution in [1.29, 1.82) is 0 Å². The van der Waals surface area contributed by atoms with Crippen LogP contribution >= 0.6 is 11.3 Å².